The van der Waals surface area contributed by atoms with Gasteiger partial charge >= 0.3 is 0 Å². The number of aryl methyl sites for hydroxylation is 1. The summed E-state index contributed by atoms with van der Waals surface area (Å²) in [5.41, 5.74) is 0.872. The van der Waals surface area contributed by atoms with E-state index in [0.29, 0.717) is 11.3 Å². The molecule has 0 aliphatic carbocycles. The molecular formula is C15H17N2O3S2-. The highest BCUT2D eigenvalue weighted by Crippen LogP contribution is 2.35. The van der Waals surface area contributed by atoms with Gasteiger partial charge in [-0.3, -0.25) is 9.69 Å². The molecule has 2 heterocycles. The highest BCUT2D eigenvalue weighted by molar-refractivity contribution is 8.26. The lowest BCUT2D eigenvalue weighted by atomic mass is 10.0. The fourth-order valence-electron chi connectivity index (χ4n) is 2.26. The van der Waals surface area contributed by atoms with Crippen LogP contribution in [0.4, 0.5) is 0 Å². The average molecular weight is 337 g/mol. The van der Waals surface area contributed by atoms with Crippen LogP contribution in [0.3, 0.4) is 0 Å². The van der Waals surface area contributed by atoms with Gasteiger partial charge in [-0.25, -0.2) is 0 Å². The Bertz CT molecular complexity index is 649. The zero-order valence-electron chi connectivity index (χ0n) is 12.6. The smallest absolute Gasteiger partial charge is 0.266 e. The van der Waals surface area contributed by atoms with Crippen LogP contribution in [0.15, 0.2) is 23.4 Å². The number of aliphatic carboxylic acids is 1. The molecule has 0 spiro atoms. The predicted molar refractivity (Wildman–Crippen MR) is 88.7 cm³/mol. The normalized spacial score (nSPS) is 18.5. The number of thiocarbonyl (C=S) groups is 1. The number of rotatable bonds is 5. The van der Waals surface area contributed by atoms with Crippen molar-refractivity contribution in [2.45, 2.75) is 26.3 Å². The number of amides is 1. The van der Waals surface area contributed by atoms with Crippen LogP contribution >= 0.6 is 24.0 Å². The highest BCUT2D eigenvalue weighted by atomic mass is 32.2. The van der Waals surface area contributed by atoms with Crippen molar-refractivity contribution < 1.29 is 14.7 Å². The van der Waals surface area contributed by atoms with Crippen molar-refractivity contribution >= 4 is 46.3 Å². The van der Waals surface area contributed by atoms with Crippen LogP contribution in [0, 0.1) is 5.92 Å². The topological polar surface area (TPSA) is 65.4 Å². The fraction of sp³-hybridized carbons (Fsp3) is 0.400. The number of nitrogens with zero attached hydrogens (tertiary/aromatic N) is 2. The Hall–Kier alpha value is -1.60. The standard InChI is InChI=1S/C15H18N2O3S2/c1-9(2)6-11(14(19)20)17-13(18)12(22-15(17)21)7-10-4-5-16(3)8-10/h4-5,7-9,11H,6H2,1-3H3,(H,19,20)/p-1/b12-7+/t11-/m1/s1. The molecule has 22 heavy (non-hydrogen) atoms. The molecule has 1 aromatic heterocycles. The summed E-state index contributed by atoms with van der Waals surface area (Å²) in [4.78, 5) is 25.5. The summed E-state index contributed by atoms with van der Waals surface area (Å²) in [6.07, 6.45) is 5.78. The Morgan fingerprint density at radius 2 is 2.18 bits per heavy atom. The summed E-state index contributed by atoms with van der Waals surface area (Å²) in [5.74, 6) is -1.52. The van der Waals surface area contributed by atoms with E-state index < -0.39 is 12.0 Å². The minimum atomic E-state index is -1.27. The fourth-order valence-corrected chi connectivity index (χ4v) is 3.62. The van der Waals surface area contributed by atoms with Crippen LogP contribution in [0.5, 0.6) is 0 Å². The lowest BCUT2D eigenvalue weighted by Gasteiger charge is -2.28. The van der Waals surface area contributed by atoms with Crippen molar-refractivity contribution in [2.75, 3.05) is 0 Å². The maximum atomic E-state index is 12.5. The van der Waals surface area contributed by atoms with Crippen LogP contribution in [0.1, 0.15) is 25.8 Å². The summed E-state index contributed by atoms with van der Waals surface area (Å²) >= 11 is 6.32. The molecule has 1 aromatic rings. The van der Waals surface area contributed by atoms with Gasteiger partial charge in [0.25, 0.3) is 5.91 Å². The van der Waals surface area contributed by atoms with Crippen LogP contribution in [0.25, 0.3) is 6.08 Å². The molecule has 1 aliphatic heterocycles. The second-order valence-corrected chi connectivity index (χ2v) is 7.30. The Balaban J connectivity index is 2.27. The lowest BCUT2D eigenvalue weighted by molar-refractivity contribution is -0.310. The van der Waals surface area contributed by atoms with E-state index in [2.05, 4.69) is 0 Å². The minimum Gasteiger partial charge on any atom is -0.548 e. The molecule has 1 saturated heterocycles. The highest BCUT2D eigenvalue weighted by Gasteiger charge is 2.37. The molecule has 7 heteroatoms. The largest absolute Gasteiger partial charge is 0.548 e. The first-order valence-electron chi connectivity index (χ1n) is 6.89. The SMILES string of the molecule is CC(C)C[C@H](C(=O)[O-])N1C(=O)/C(=C\c2ccn(C)c2)SC1=S. The first kappa shape index (κ1) is 16.8. The van der Waals surface area contributed by atoms with Crippen LogP contribution in [-0.2, 0) is 16.6 Å². The van der Waals surface area contributed by atoms with E-state index in [4.69, 9.17) is 12.2 Å². The molecule has 1 aliphatic rings. The predicted octanol–water partition coefficient (Wildman–Crippen LogP) is 1.39. The van der Waals surface area contributed by atoms with Gasteiger partial charge in [0.1, 0.15) is 4.32 Å². The van der Waals surface area contributed by atoms with Gasteiger partial charge < -0.3 is 14.5 Å². The Labute approximate surface area is 139 Å². The van der Waals surface area contributed by atoms with E-state index in [1.807, 2.05) is 43.9 Å². The van der Waals surface area contributed by atoms with Gasteiger partial charge in [0, 0.05) is 19.4 Å². The van der Waals surface area contributed by atoms with Crippen molar-refractivity contribution in [2.24, 2.45) is 13.0 Å². The maximum absolute atomic E-state index is 12.5. The number of carbonyl (C=O) groups excluding carboxylic acids is 2. The quantitative estimate of drug-likeness (QED) is 0.600. The molecule has 1 fully saturated rings. The van der Waals surface area contributed by atoms with Gasteiger partial charge in [0.2, 0.25) is 0 Å². The van der Waals surface area contributed by atoms with E-state index >= 15 is 0 Å². The molecular weight excluding hydrogens is 320 g/mol. The third-order valence-corrected chi connectivity index (χ3v) is 4.58. The molecule has 0 saturated carbocycles. The summed E-state index contributed by atoms with van der Waals surface area (Å²) < 4.78 is 2.14. The third-order valence-electron chi connectivity index (χ3n) is 3.25. The van der Waals surface area contributed by atoms with Crippen molar-refractivity contribution in [3.8, 4) is 0 Å². The Kier molecular flexibility index (Phi) is 5.08. The molecule has 2 rings (SSSR count). The number of aromatic nitrogens is 1. The summed E-state index contributed by atoms with van der Waals surface area (Å²) in [6, 6.07) is 0.853. The number of carbonyl (C=O) groups is 2. The van der Waals surface area contributed by atoms with Crippen molar-refractivity contribution in [3.05, 3.63) is 28.9 Å². The minimum absolute atomic E-state index is 0.116. The van der Waals surface area contributed by atoms with Gasteiger partial charge in [0.15, 0.2) is 0 Å². The number of carboxylic acids is 1. The molecule has 0 aromatic carbocycles. The van der Waals surface area contributed by atoms with Crippen LogP contribution < -0.4 is 5.11 Å². The molecule has 0 unspecified atom stereocenters. The van der Waals surface area contributed by atoms with Gasteiger partial charge in [-0.15, -0.1) is 0 Å². The van der Waals surface area contributed by atoms with E-state index in [0.717, 1.165) is 17.3 Å². The molecule has 0 bridgehead atoms. The van der Waals surface area contributed by atoms with Crippen LogP contribution in [0.2, 0.25) is 0 Å². The summed E-state index contributed by atoms with van der Waals surface area (Å²) in [5, 5.41) is 11.4. The Morgan fingerprint density at radius 3 is 2.68 bits per heavy atom. The molecule has 118 valence electrons. The molecule has 0 N–H and O–H groups in total. The zero-order valence-corrected chi connectivity index (χ0v) is 14.2. The van der Waals surface area contributed by atoms with Gasteiger partial charge in [0.05, 0.1) is 16.9 Å². The summed E-state index contributed by atoms with van der Waals surface area (Å²) in [6.45, 7) is 3.79. The van der Waals surface area contributed by atoms with Gasteiger partial charge in [-0.1, -0.05) is 37.8 Å². The van der Waals surface area contributed by atoms with Gasteiger partial charge in [-0.05, 0) is 30.0 Å². The monoisotopic (exact) mass is 337 g/mol. The summed E-state index contributed by atoms with van der Waals surface area (Å²) in [7, 11) is 1.89. The second-order valence-electron chi connectivity index (χ2n) is 5.63. The van der Waals surface area contributed by atoms with Gasteiger partial charge in [-0.2, -0.15) is 0 Å². The van der Waals surface area contributed by atoms with E-state index in [1.54, 1.807) is 6.08 Å². The molecule has 1 atom stereocenters. The first-order chi connectivity index (χ1) is 10.3. The lowest BCUT2D eigenvalue weighted by Crippen LogP contribution is -2.50. The van der Waals surface area contributed by atoms with E-state index in [1.165, 1.54) is 4.90 Å². The number of thioether (sulfide) groups is 1. The zero-order chi connectivity index (χ0) is 16.4. The van der Waals surface area contributed by atoms with E-state index in [-0.39, 0.29) is 16.1 Å². The number of hydrogen-bond donors (Lipinski definition) is 0. The Morgan fingerprint density at radius 1 is 1.50 bits per heavy atom. The second kappa shape index (κ2) is 6.66. The van der Waals surface area contributed by atoms with Crippen molar-refractivity contribution in [1.29, 1.82) is 0 Å². The van der Waals surface area contributed by atoms with Crippen molar-refractivity contribution in [3.63, 3.8) is 0 Å². The average Bonchev–Trinajstić information content (AvgIpc) is 2.92. The molecule has 0 radical (unpaired) electrons. The number of hydrogen-bond acceptors (Lipinski definition) is 5. The van der Waals surface area contributed by atoms with E-state index in [9.17, 15) is 14.7 Å². The molecule has 5 nitrogen and oxygen atoms in total. The van der Waals surface area contributed by atoms with Crippen LogP contribution in [-0.4, -0.2) is 31.7 Å². The number of carboxylic acid groups (broad SMARTS) is 1. The maximum Gasteiger partial charge on any atom is 0.266 e. The third kappa shape index (κ3) is 3.59. The van der Waals surface area contributed by atoms with Crippen molar-refractivity contribution in [1.82, 2.24) is 9.47 Å². The molecule has 1 amide bonds. The first-order valence-corrected chi connectivity index (χ1v) is 8.12.